The summed E-state index contributed by atoms with van der Waals surface area (Å²) in [5.41, 5.74) is 5.71. The Hall–Kier alpha value is -4.43. The normalized spacial score (nSPS) is 12.9. The predicted octanol–water partition coefficient (Wildman–Crippen LogP) is 6.47. The van der Waals surface area contributed by atoms with Crippen LogP contribution in [0.3, 0.4) is 0 Å². The van der Waals surface area contributed by atoms with Gasteiger partial charge in [-0.2, -0.15) is 0 Å². The number of nitrogens with one attached hydrogen (secondary N) is 2. The third-order valence-corrected chi connectivity index (χ3v) is 7.08. The summed E-state index contributed by atoms with van der Waals surface area (Å²) in [5, 5.41) is 3.76. The molecule has 5 aromatic rings. The van der Waals surface area contributed by atoms with Crippen molar-refractivity contribution in [1.82, 2.24) is 15.3 Å². The van der Waals surface area contributed by atoms with Crippen LogP contribution in [0, 0.1) is 5.82 Å². The van der Waals surface area contributed by atoms with Gasteiger partial charge in [-0.1, -0.05) is 18.2 Å². The fraction of sp³-hybridized carbons (Fsp3) is 0.0690. The minimum atomic E-state index is -0.343. The number of nitrogens with zero attached hydrogens (tertiary/aromatic N) is 2. The van der Waals surface area contributed by atoms with Gasteiger partial charge in [0.1, 0.15) is 11.5 Å². The Morgan fingerprint density at radius 3 is 2.73 bits per heavy atom. The van der Waals surface area contributed by atoms with Gasteiger partial charge in [-0.3, -0.25) is 9.78 Å². The molecule has 1 amide bonds. The number of hydrogen-bond donors (Lipinski definition) is 2. The van der Waals surface area contributed by atoms with Gasteiger partial charge in [0, 0.05) is 45.9 Å². The molecule has 0 unspecified atom stereocenters. The number of methoxy groups -OCH3 is 1. The van der Waals surface area contributed by atoms with Gasteiger partial charge in [0.25, 0.3) is 5.91 Å². The number of benzene rings is 3. The van der Waals surface area contributed by atoms with Crippen molar-refractivity contribution in [2.24, 2.45) is 0 Å². The van der Waals surface area contributed by atoms with Crippen LogP contribution >= 0.6 is 11.9 Å². The quantitative estimate of drug-likeness (QED) is 0.253. The number of hydrogen-bond acceptors (Lipinski definition) is 6. The van der Waals surface area contributed by atoms with Crippen LogP contribution in [-0.4, -0.2) is 23.0 Å². The van der Waals surface area contributed by atoms with Crippen LogP contribution in [0.2, 0.25) is 0 Å². The van der Waals surface area contributed by atoms with Gasteiger partial charge >= 0.3 is 0 Å². The molecule has 182 valence electrons. The van der Waals surface area contributed by atoms with Crippen LogP contribution in [0.1, 0.15) is 15.9 Å². The second kappa shape index (κ2) is 9.55. The average molecular weight is 509 g/mol. The molecule has 1 aliphatic heterocycles. The summed E-state index contributed by atoms with van der Waals surface area (Å²) in [5.74, 6) is -0.110. The minimum Gasteiger partial charge on any atom is -0.480 e. The van der Waals surface area contributed by atoms with Crippen LogP contribution in [0.4, 0.5) is 10.1 Å². The average Bonchev–Trinajstić information content (AvgIpc) is 2.94. The third kappa shape index (κ3) is 4.47. The van der Waals surface area contributed by atoms with E-state index in [1.165, 1.54) is 18.0 Å². The van der Waals surface area contributed by atoms with Crippen molar-refractivity contribution in [3.8, 4) is 28.1 Å². The fourth-order valence-electron chi connectivity index (χ4n) is 4.39. The van der Waals surface area contributed by atoms with E-state index in [2.05, 4.69) is 20.0 Å². The molecule has 8 heteroatoms. The zero-order valence-corrected chi connectivity index (χ0v) is 20.6. The zero-order chi connectivity index (χ0) is 25.4. The number of carbonyl (C=O) groups is 1. The van der Waals surface area contributed by atoms with E-state index in [1.54, 1.807) is 37.7 Å². The number of ether oxygens (including phenoxy) is 1. The molecule has 0 radical (unpaired) electrons. The molecule has 6 nitrogen and oxygen atoms in total. The Bertz CT molecular complexity index is 1670. The van der Waals surface area contributed by atoms with E-state index < -0.39 is 0 Å². The zero-order valence-electron chi connectivity index (χ0n) is 19.8. The van der Waals surface area contributed by atoms with E-state index in [0.717, 1.165) is 38.1 Å². The lowest BCUT2D eigenvalue weighted by atomic mass is 9.96. The van der Waals surface area contributed by atoms with Gasteiger partial charge in [0.15, 0.2) is 0 Å². The van der Waals surface area contributed by atoms with Crippen molar-refractivity contribution in [2.75, 3.05) is 11.8 Å². The monoisotopic (exact) mass is 508 g/mol. The molecule has 0 saturated heterocycles. The predicted molar refractivity (Wildman–Crippen MR) is 144 cm³/mol. The Kier molecular flexibility index (Phi) is 5.94. The molecule has 0 fully saturated rings. The van der Waals surface area contributed by atoms with E-state index in [1.807, 2.05) is 48.5 Å². The fourth-order valence-corrected chi connectivity index (χ4v) is 5.10. The van der Waals surface area contributed by atoms with Crippen molar-refractivity contribution in [1.29, 1.82) is 0 Å². The Morgan fingerprint density at radius 2 is 1.84 bits per heavy atom. The highest BCUT2D eigenvalue weighted by molar-refractivity contribution is 8.00. The first-order valence-corrected chi connectivity index (χ1v) is 12.4. The molecule has 3 aromatic carbocycles. The molecule has 0 saturated carbocycles. The summed E-state index contributed by atoms with van der Waals surface area (Å²) in [7, 11) is 1.57. The third-order valence-electron chi connectivity index (χ3n) is 6.27. The standard InChI is InChI=1S/C29H21FN4O2S/c1-36-29-27-14-20(16-33-29)18-6-8-26-24(13-18)22(9-10-31-26)23-11-17(5-7-25(23)30)15-32-28(35)19-3-2-4-21(12-19)37-34-27/h2-14,16,34H,15H2,1H3,(H,32,35). The number of halogens is 1. The van der Waals surface area contributed by atoms with Crippen molar-refractivity contribution in [3.05, 3.63) is 102 Å². The largest absolute Gasteiger partial charge is 0.480 e. The summed E-state index contributed by atoms with van der Waals surface area (Å²) >= 11 is 1.36. The molecule has 0 atom stereocenters. The first-order chi connectivity index (χ1) is 18.1. The molecule has 6 rings (SSSR count). The van der Waals surface area contributed by atoms with Crippen molar-refractivity contribution in [3.63, 3.8) is 0 Å². The van der Waals surface area contributed by atoms with Gasteiger partial charge in [0.05, 0.1) is 12.6 Å². The van der Waals surface area contributed by atoms with Crippen LogP contribution in [0.25, 0.3) is 33.2 Å². The number of carbonyl (C=O) groups excluding carboxylic acids is 1. The van der Waals surface area contributed by atoms with Crippen molar-refractivity contribution < 1.29 is 13.9 Å². The SMILES string of the molecule is COc1ncc2cc1NSc1cccc(c1)C(=O)NCc1ccc(F)c(c1)-c1ccnc3ccc-2cc13. The number of anilines is 1. The first kappa shape index (κ1) is 23.0. The lowest BCUT2D eigenvalue weighted by Crippen LogP contribution is -2.22. The number of aromatic nitrogens is 2. The highest BCUT2D eigenvalue weighted by Crippen LogP contribution is 2.36. The number of rotatable bonds is 1. The van der Waals surface area contributed by atoms with Crippen LogP contribution in [0.5, 0.6) is 5.88 Å². The maximum absolute atomic E-state index is 15.1. The van der Waals surface area contributed by atoms with Gasteiger partial charge in [-0.05, 0) is 83.2 Å². The van der Waals surface area contributed by atoms with Crippen LogP contribution in [0.15, 0.2) is 90.1 Å². The van der Waals surface area contributed by atoms with Gasteiger partial charge in [-0.15, -0.1) is 0 Å². The van der Waals surface area contributed by atoms with E-state index in [0.29, 0.717) is 22.7 Å². The summed E-state index contributed by atoms with van der Waals surface area (Å²) in [6.07, 6.45) is 3.43. The van der Waals surface area contributed by atoms with Gasteiger partial charge in [-0.25, -0.2) is 9.37 Å². The molecule has 0 spiro atoms. The molecule has 3 heterocycles. The molecule has 1 aliphatic rings. The number of amides is 1. The molecular formula is C29H21FN4O2S. The smallest absolute Gasteiger partial charge is 0.251 e. The molecule has 2 aromatic heterocycles. The highest BCUT2D eigenvalue weighted by Gasteiger charge is 2.15. The van der Waals surface area contributed by atoms with E-state index in [9.17, 15) is 4.79 Å². The second-order valence-electron chi connectivity index (χ2n) is 8.60. The molecule has 8 bridgehead atoms. The lowest BCUT2D eigenvalue weighted by molar-refractivity contribution is 0.0950. The van der Waals surface area contributed by atoms with Crippen molar-refractivity contribution >= 4 is 34.4 Å². The summed E-state index contributed by atoms with van der Waals surface area (Å²) in [6.45, 7) is 0.267. The summed E-state index contributed by atoms with van der Waals surface area (Å²) in [4.78, 5) is 22.7. The number of fused-ring (bicyclic) bond motifs is 9. The molecular weight excluding hydrogens is 487 g/mol. The highest BCUT2D eigenvalue weighted by atomic mass is 32.2. The maximum atomic E-state index is 15.1. The molecule has 37 heavy (non-hydrogen) atoms. The lowest BCUT2D eigenvalue weighted by Gasteiger charge is -2.14. The van der Waals surface area contributed by atoms with Crippen LogP contribution in [-0.2, 0) is 6.54 Å². The second-order valence-corrected chi connectivity index (χ2v) is 9.48. The Balaban J connectivity index is 1.56. The van der Waals surface area contributed by atoms with E-state index in [-0.39, 0.29) is 18.3 Å². The topological polar surface area (TPSA) is 76.1 Å². The van der Waals surface area contributed by atoms with Crippen molar-refractivity contribution in [2.45, 2.75) is 11.4 Å². The Morgan fingerprint density at radius 1 is 0.919 bits per heavy atom. The minimum absolute atomic E-state index is 0.213. The van der Waals surface area contributed by atoms with Crippen LogP contribution < -0.4 is 14.8 Å². The molecule has 2 N–H and O–H groups in total. The number of pyridine rings is 2. The van der Waals surface area contributed by atoms with E-state index >= 15 is 4.39 Å². The first-order valence-electron chi connectivity index (χ1n) is 11.6. The maximum Gasteiger partial charge on any atom is 0.251 e. The van der Waals surface area contributed by atoms with Gasteiger partial charge in [0.2, 0.25) is 5.88 Å². The van der Waals surface area contributed by atoms with Gasteiger partial charge < -0.3 is 14.8 Å². The summed E-state index contributed by atoms with van der Waals surface area (Å²) < 4.78 is 23.9. The molecule has 0 aliphatic carbocycles. The van der Waals surface area contributed by atoms with E-state index in [4.69, 9.17) is 4.74 Å². The summed E-state index contributed by atoms with van der Waals surface area (Å²) in [6, 6.07) is 21.9. The Labute approximate surface area is 217 Å².